The first-order valence-electron chi connectivity index (χ1n) is 8.36. The number of piperidine rings is 1. The molecule has 1 atom stereocenters. The van der Waals surface area contributed by atoms with Crippen LogP contribution in [0.1, 0.15) is 41.7 Å². The fraction of sp³-hybridized carbons (Fsp3) is 0.529. The van der Waals surface area contributed by atoms with E-state index >= 15 is 0 Å². The molecule has 0 unspecified atom stereocenters. The maximum Gasteiger partial charge on any atom is 0.311 e. The van der Waals surface area contributed by atoms with E-state index in [1.54, 1.807) is 0 Å². The molecule has 0 spiro atoms. The van der Waals surface area contributed by atoms with E-state index in [-0.39, 0.29) is 18.9 Å². The lowest BCUT2D eigenvalue weighted by Crippen LogP contribution is -2.39. The Hall–Kier alpha value is -2.40. The number of nitrogens with zero attached hydrogens (tertiary/aromatic N) is 1. The smallest absolute Gasteiger partial charge is 0.311 e. The molecule has 132 valence electrons. The fourth-order valence-electron chi connectivity index (χ4n) is 3.12. The van der Waals surface area contributed by atoms with Gasteiger partial charge in [0, 0.05) is 17.8 Å². The molecule has 25 heavy (non-hydrogen) atoms. The van der Waals surface area contributed by atoms with Crippen LogP contribution in [0.5, 0.6) is 0 Å². The average molecular weight is 361 g/mol. The van der Waals surface area contributed by atoms with Crippen molar-refractivity contribution in [3.05, 3.63) is 16.0 Å². The van der Waals surface area contributed by atoms with Crippen LogP contribution in [0.15, 0.2) is 0 Å². The zero-order chi connectivity index (χ0) is 17.8. The van der Waals surface area contributed by atoms with Crippen LogP contribution in [0.4, 0.5) is 5.00 Å². The molecule has 1 fully saturated rings. The minimum absolute atomic E-state index is 0.0764. The van der Waals surface area contributed by atoms with Crippen molar-refractivity contribution >= 4 is 34.1 Å². The lowest BCUT2D eigenvalue weighted by atomic mass is 9.96. The van der Waals surface area contributed by atoms with Gasteiger partial charge in [-0.3, -0.25) is 14.4 Å². The summed E-state index contributed by atoms with van der Waals surface area (Å²) < 4.78 is 5.05. The highest BCUT2D eigenvalue weighted by Gasteiger charge is 2.27. The third kappa shape index (κ3) is 3.99. The zero-order valence-corrected chi connectivity index (χ0v) is 14.5. The number of carbonyl (C=O) groups excluding carboxylic acids is 3. The van der Waals surface area contributed by atoms with E-state index in [2.05, 4.69) is 16.7 Å². The van der Waals surface area contributed by atoms with Gasteiger partial charge in [-0.2, -0.15) is 5.26 Å². The third-order valence-corrected chi connectivity index (χ3v) is 5.69. The van der Waals surface area contributed by atoms with Crippen LogP contribution in [0.3, 0.4) is 0 Å². The molecule has 2 aliphatic rings. The molecule has 8 heteroatoms. The van der Waals surface area contributed by atoms with Crippen molar-refractivity contribution in [1.82, 2.24) is 5.32 Å². The Kier molecular flexibility index (Phi) is 5.34. The van der Waals surface area contributed by atoms with E-state index in [0.717, 1.165) is 36.1 Å². The van der Waals surface area contributed by atoms with Crippen molar-refractivity contribution in [3.63, 3.8) is 0 Å². The lowest BCUT2D eigenvalue weighted by Gasteiger charge is -2.20. The first kappa shape index (κ1) is 17.4. The molecule has 2 heterocycles. The number of hydrogen-bond acceptors (Lipinski definition) is 6. The molecule has 1 aromatic heterocycles. The Morgan fingerprint density at radius 3 is 2.84 bits per heavy atom. The Morgan fingerprint density at radius 1 is 1.32 bits per heavy atom. The van der Waals surface area contributed by atoms with E-state index in [1.165, 1.54) is 11.3 Å². The van der Waals surface area contributed by atoms with Crippen molar-refractivity contribution in [3.8, 4) is 6.07 Å². The van der Waals surface area contributed by atoms with Crippen LogP contribution in [-0.2, 0) is 32.0 Å². The van der Waals surface area contributed by atoms with Crippen LogP contribution in [0, 0.1) is 17.2 Å². The number of carbonyl (C=O) groups is 3. The molecule has 3 rings (SSSR count). The van der Waals surface area contributed by atoms with Gasteiger partial charge in [-0.05, 0) is 37.7 Å². The molecule has 1 saturated heterocycles. The Labute approximate surface area is 149 Å². The molecule has 1 aliphatic carbocycles. The molecule has 1 aliphatic heterocycles. The molecule has 2 amide bonds. The number of fused-ring (bicyclic) bond motifs is 1. The number of nitrogens with one attached hydrogen (secondary N) is 2. The summed E-state index contributed by atoms with van der Waals surface area (Å²) in [6.45, 7) is -0.147. The number of thiophene rings is 1. The topological polar surface area (TPSA) is 108 Å². The average Bonchev–Trinajstić information content (AvgIpc) is 2.97. The summed E-state index contributed by atoms with van der Waals surface area (Å²) in [5.74, 6) is -1.42. The van der Waals surface area contributed by atoms with E-state index in [1.807, 2.05) is 0 Å². The summed E-state index contributed by atoms with van der Waals surface area (Å²) in [6.07, 6.45) is 4.68. The van der Waals surface area contributed by atoms with Crippen molar-refractivity contribution in [1.29, 1.82) is 5.26 Å². The number of ether oxygens (including phenoxy) is 1. The summed E-state index contributed by atoms with van der Waals surface area (Å²) in [7, 11) is 0. The van der Waals surface area contributed by atoms with Gasteiger partial charge in [-0.1, -0.05) is 0 Å². The van der Waals surface area contributed by atoms with Gasteiger partial charge in [0.1, 0.15) is 11.1 Å². The SMILES string of the molecule is N#Cc1c(NC(=O)COC(=O)[C@H]2CCC(=O)NC2)sc2c1CCCC2. The summed E-state index contributed by atoms with van der Waals surface area (Å²) in [4.78, 5) is 36.3. The van der Waals surface area contributed by atoms with Crippen molar-refractivity contribution in [2.75, 3.05) is 18.5 Å². The quantitative estimate of drug-likeness (QED) is 0.790. The lowest BCUT2D eigenvalue weighted by molar-refractivity contribution is -0.152. The number of amides is 2. The molecule has 1 aromatic rings. The van der Waals surface area contributed by atoms with E-state index in [0.29, 0.717) is 17.0 Å². The van der Waals surface area contributed by atoms with Crippen molar-refractivity contribution < 1.29 is 19.1 Å². The van der Waals surface area contributed by atoms with E-state index in [4.69, 9.17) is 4.74 Å². The molecular formula is C17H19N3O4S. The van der Waals surface area contributed by atoms with Crippen LogP contribution in [-0.4, -0.2) is 30.9 Å². The predicted molar refractivity (Wildman–Crippen MR) is 91.0 cm³/mol. The van der Waals surface area contributed by atoms with Crippen molar-refractivity contribution in [2.45, 2.75) is 38.5 Å². The maximum absolute atomic E-state index is 12.1. The minimum atomic E-state index is -0.485. The molecule has 0 aromatic carbocycles. The Balaban J connectivity index is 1.55. The second kappa shape index (κ2) is 7.66. The third-order valence-electron chi connectivity index (χ3n) is 4.48. The highest BCUT2D eigenvalue weighted by Crippen LogP contribution is 2.37. The summed E-state index contributed by atoms with van der Waals surface area (Å²) >= 11 is 1.43. The van der Waals surface area contributed by atoms with Gasteiger partial charge >= 0.3 is 5.97 Å². The number of anilines is 1. The van der Waals surface area contributed by atoms with Crippen LogP contribution in [0.2, 0.25) is 0 Å². The fourth-order valence-corrected chi connectivity index (χ4v) is 4.38. The molecule has 0 bridgehead atoms. The van der Waals surface area contributed by atoms with Gasteiger partial charge < -0.3 is 15.4 Å². The van der Waals surface area contributed by atoms with Gasteiger partial charge in [0.05, 0.1) is 11.5 Å². The summed E-state index contributed by atoms with van der Waals surface area (Å²) in [5.41, 5.74) is 1.58. The van der Waals surface area contributed by atoms with E-state index in [9.17, 15) is 19.6 Å². The highest BCUT2D eigenvalue weighted by atomic mass is 32.1. The van der Waals surface area contributed by atoms with Gasteiger partial charge in [-0.25, -0.2) is 0 Å². The first-order valence-corrected chi connectivity index (χ1v) is 9.18. The minimum Gasteiger partial charge on any atom is -0.455 e. The normalized spacial score (nSPS) is 19.3. The van der Waals surface area contributed by atoms with Gasteiger partial charge in [0.2, 0.25) is 5.91 Å². The Morgan fingerprint density at radius 2 is 2.12 bits per heavy atom. The zero-order valence-electron chi connectivity index (χ0n) is 13.7. The standard InChI is InChI=1S/C17H19N3O4S/c18-7-12-11-3-1-2-4-13(11)25-16(12)20-15(22)9-24-17(23)10-5-6-14(21)19-8-10/h10H,1-6,8-9H2,(H,19,21)(H,20,22)/t10-/m0/s1. The molecular weight excluding hydrogens is 342 g/mol. The van der Waals surface area contributed by atoms with Gasteiger partial charge in [-0.15, -0.1) is 11.3 Å². The van der Waals surface area contributed by atoms with Gasteiger partial charge in [0.15, 0.2) is 6.61 Å². The number of nitriles is 1. The second-order valence-corrected chi connectivity index (χ2v) is 7.33. The predicted octanol–water partition coefficient (Wildman–Crippen LogP) is 1.51. The molecule has 7 nitrogen and oxygen atoms in total. The summed E-state index contributed by atoms with van der Waals surface area (Å²) in [6, 6.07) is 2.18. The number of hydrogen-bond donors (Lipinski definition) is 2. The highest BCUT2D eigenvalue weighted by molar-refractivity contribution is 7.16. The van der Waals surface area contributed by atoms with Crippen LogP contribution >= 0.6 is 11.3 Å². The maximum atomic E-state index is 12.1. The first-order chi connectivity index (χ1) is 12.1. The monoisotopic (exact) mass is 361 g/mol. The summed E-state index contributed by atoms with van der Waals surface area (Å²) in [5, 5.41) is 15.2. The molecule has 0 radical (unpaired) electrons. The van der Waals surface area contributed by atoms with Crippen LogP contribution < -0.4 is 10.6 Å². The van der Waals surface area contributed by atoms with E-state index < -0.39 is 24.4 Å². The van der Waals surface area contributed by atoms with Crippen LogP contribution in [0.25, 0.3) is 0 Å². The largest absolute Gasteiger partial charge is 0.455 e. The van der Waals surface area contributed by atoms with Crippen molar-refractivity contribution in [2.24, 2.45) is 5.92 Å². The Bertz CT molecular complexity index is 740. The molecule has 0 saturated carbocycles. The number of esters is 1. The second-order valence-electron chi connectivity index (χ2n) is 6.22. The van der Waals surface area contributed by atoms with Gasteiger partial charge in [0.25, 0.3) is 5.91 Å². The number of aryl methyl sites for hydroxylation is 1. The number of rotatable bonds is 4. The molecule has 2 N–H and O–H groups in total.